The predicted octanol–water partition coefficient (Wildman–Crippen LogP) is 4.35. The first-order chi connectivity index (χ1) is 12.0. The van der Waals surface area contributed by atoms with E-state index in [1.54, 1.807) is 6.20 Å². The maximum absolute atomic E-state index is 12.4. The van der Waals surface area contributed by atoms with Gasteiger partial charge in [0.2, 0.25) is 0 Å². The van der Waals surface area contributed by atoms with Gasteiger partial charge in [-0.05, 0) is 48.8 Å². The Labute approximate surface area is 151 Å². The number of carbonyl (C=O) groups excluding carboxylic acids is 1. The van der Waals surface area contributed by atoms with Crippen LogP contribution in [0.15, 0.2) is 36.0 Å². The summed E-state index contributed by atoms with van der Waals surface area (Å²) >= 11 is 0. The predicted molar refractivity (Wildman–Crippen MR) is 102 cm³/mol. The zero-order chi connectivity index (χ0) is 18.2. The Hall–Kier alpha value is -2.28. The molecule has 0 radical (unpaired) electrons. The summed E-state index contributed by atoms with van der Waals surface area (Å²) < 4.78 is 0. The number of nitrogens with zero attached hydrogens (tertiary/aromatic N) is 2. The van der Waals surface area contributed by atoms with E-state index >= 15 is 0 Å². The van der Waals surface area contributed by atoms with Crippen LogP contribution < -0.4 is 5.32 Å². The van der Waals surface area contributed by atoms with Gasteiger partial charge in [-0.15, -0.1) is 0 Å². The molecule has 0 spiro atoms. The van der Waals surface area contributed by atoms with E-state index in [9.17, 15) is 10.1 Å². The number of carbonyl (C=O) groups is 1. The van der Waals surface area contributed by atoms with Crippen molar-refractivity contribution in [3.05, 3.63) is 41.6 Å². The van der Waals surface area contributed by atoms with Gasteiger partial charge in [-0.1, -0.05) is 39.3 Å². The van der Waals surface area contributed by atoms with E-state index in [0.717, 1.165) is 25.2 Å². The highest BCUT2D eigenvalue weighted by molar-refractivity contribution is 6.06. The Kier molecular flexibility index (Phi) is 7.06. The number of amides is 1. The minimum absolute atomic E-state index is 0.163. The molecule has 25 heavy (non-hydrogen) atoms. The van der Waals surface area contributed by atoms with E-state index in [1.807, 2.05) is 30.3 Å². The minimum atomic E-state index is -0.338. The van der Waals surface area contributed by atoms with Crippen molar-refractivity contribution < 1.29 is 4.79 Å². The Morgan fingerprint density at radius 1 is 1.28 bits per heavy atom. The molecule has 1 fully saturated rings. The maximum atomic E-state index is 12.4. The van der Waals surface area contributed by atoms with Gasteiger partial charge in [0.05, 0.1) is 0 Å². The SMILES string of the molecule is CCCCc1ccc(NC(=O)/C(C#N)=C\N2CC(C)CC(C)C2)cc1. The summed E-state index contributed by atoms with van der Waals surface area (Å²) in [6.07, 6.45) is 6.31. The van der Waals surface area contributed by atoms with E-state index in [2.05, 4.69) is 31.0 Å². The Bertz CT molecular complexity index is 632. The van der Waals surface area contributed by atoms with Gasteiger partial charge in [-0.25, -0.2) is 0 Å². The average molecular weight is 339 g/mol. The number of benzene rings is 1. The first kappa shape index (κ1) is 19.1. The second-order valence-corrected chi connectivity index (χ2v) is 7.31. The summed E-state index contributed by atoms with van der Waals surface area (Å²) in [6.45, 7) is 8.39. The highest BCUT2D eigenvalue weighted by Crippen LogP contribution is 2.22. The zero-order valence-electron chi connectivity index (χ0n) is 15.6. The molecule has 0 bridgehead atoms. The van der Waals surface area contributed by atoms with Crippen LogP contribution in [0.1, 0.15) is 45.6 Å². The Balaban J connectivity index is 1.99. The maximum Gasteiger partial charge on any atom is 0.267 e. The zero-order valence-corrected chi connectivity index (χ0v) is 15.6. The lowest BCUT2D eigenvalue weighted by atomic mass is 9.92. The van der Waals surface area contributed by atoms with Crippen molar-refractivity contribution in [3.63, 3.8) is 0 Å². The summed E-state index contributed by atoms with van der Waals surface area (Å²) in [4.78, 5) is 14.5. The van der Waals surface area contributed by atoms with Crippen LogP contribution in [0, 0.1) is 23.2 Å². The summed E-state index contributed by atoms with van der Waals surface area (Å²) in [7, 11) is 0. The molecule has 2 unspecified atom stereocenters. The topological polar surface area (TPSA) is 56.1 Å². The van der Waals surface area contributed by atoms with E-state index in [-0.39, 0.29) is 11.5 Å². The van der Waals surface area contributed by atoms with Crippen molar-refractivity contribution >= 4 is 11.6 Å². The molecule has 0 saturated carbocycles. The van der Waals surface area contributed by atoms with E-state index in [1.165, 1.54) is 24.8 Å². The first-order valence-electron chi connectivity index (χ1n) is 9.28. The van der Waals surface area contributed by atoms with Crippen molar-refractivity contribution in [2.24, 2.45) is 11.8 Å². The van der Waals surface area contributed by atoms with Gasteiger partial charge < -0.3 is 10.2 Å². The molecule has 0 aliphatic carbocycles. The summed E-state index contributed by atoms with van der Waals surface area (Å²) in [6, 6.07) is 9.93. The molecule has 1 N–H and O–H groups in total. The van der Waals surface area contributed by atoms with Gasteiger partial charge in [-0.2, -0.15) is 5.26 Å². The van der Waals surface area contributed by atoms with Crippen LogP contribution in [0.5, 0.6) is 0 Å². The smallest absolute Gasteiger partial charge is 0.267 e. The third-order valence-electron chi connectivity index (χ3n) is 4.60. The van der Waals surface area contributed by atoms with Gasteiger partial charge in [0, 0.05) is 25.0 Å². The largest absolute Gasteiger partial charge is 0.376 e. The molecule has 1 aromatic carbocycles. The second-order valence-electron chi connectivity index (χ2n) is 7.31. The van der Waals surface area contributed by atoms with Gasteiger partial charge >= 0.3 is 0 Å². The second kappa shape index (κ2) is 9.27. The number of nitrogens with one attached hydrogen (secondary N) is 1. The number of anilines is 1. The molecule has 2 rings (SSSR count). The molecule has 1 heterocycles. The number of likely N-dealkylation sites (tertiary alicyclic amines) is 1. The molecular weight excluding hydrogens is 310 g/mol. The quantitative estimate of drug-likeness (QED) is 0.619. The van der Waals surface area contributed by atoms with Crippen LogP contribution in [0.4, 0.5) is 5.69 Å². The highest BCUT2D eigenvalue weighted by atomic mass is 16.1. The van der Waals surface area contributed by atoms with Crippen molar-refractivity contribution in [1.82, 2.24) is 4.90 Å². The first-order valence-corrected chi connectivity index (χ1v) is 9.28. The van der Waals surface area contributed by atoms with Gasteiger partial charge in [0.15, 0.2) is 0 Å². The molecule has 1 aliphatic heterocycles. The van der Waals surface area contributed by atoms with E-state index < -0.39 is 0 Å². The Morgan fingerprint density at radius 3 is 2.48 bits per heavy atom. The lowest BCUT2D eigenvalue weighted by Gasteiger charge is -2.34. The van der Waals surface area contributed by atoms with Crippen LogP contribution in [0.3, 0.4) is 0 Å². The number of piperidine rings is 1. The Morgan fingerprint density at radius 2 is 1.92 bits per heavy atom. The summed E-state index contributed by atoms with van der Waals surface area (Å²) in [5.41, 5.74) is 2.16. The molecule has 4 nitrogen and oxygen atoms in total. The number of nitriles is 1. The normalized spacial score (nSPS) is 20.9. The molecule has 134 valence electrons. The molecular formula is C21H29N3O. The van der Waals surface area contributed by atoms with Crippen molar-refractivity contribution in [1.29, 1.82) is 5.26 Å². The molecule has 1 aliphatic rings. The van der Waals surface area contributed by atoms with Crippen molar-refractivity contribution in [2.45, 2.75) is 46.5 Å². The third-order valence-corrected chi connectivity index (χ3v) is 4.60. The fourth-order valence-corrected chi connectivity index (χ4v) is 3.47. The van der Waals surface area contributed by atoms with Gasteiger partial charge in [-0.3, -0.25) is 4.79 Å². The molecule has 1 saturated heterocycles. The molecule has 1 amide bonds. The van der Waals surface area contributed by atoms with Crippen LogP contribution in [0.25, 0.3) is 0 Å². The molecule has 0 aromatic heterocycles. The highest BCUT2D eigenvalue weighted by Gasteiger charge is 2.21. The van der Waals surface area contributed by atoms with Crippen molar-refractivity contribution in [3.8, 4) is 6.07 Å². The lowest BCUT2D eigenvalue weighted by molar-refractivity contribution is -0.112. The summed E-state index contributed by atoms with van der Waals surface area (Å²) in [5.74, 6) is 0.826. The lowest BCUT2D eigenvalue weighted by Crippen LogP contribution is -2.35. The number of hydrogen-bond acceptors (Lipinski definition) is 3. The standard InChI is InChI=1S/C21H29N3O/c1-4-5-6-18-7-9-20(10-8-18)23-21(25)19(12-22)15-24-13-16(2)11-17(3)14-24/h7-10,15-17H,4-6,11,13-14H2,1-3H3,(H,23,25)/b19-15-. The van der Waals surface area contributed by atoms with Crippen LogP contribution >= 0.6 is 0 Å². The number of unbranched alkanes of at least 4 members (excludes halogenated alkanes) is 1. The van der Waals surface area contributed by atoms with Crippen LogP contribution in [-0.4, -0.2) is 23.9 Å². The van der Waals surface area contributed by atoms with E-state index in [0.29, 0.717) is 11.8 Å². The van der Waals surface area contributed by atoms with Crippen molar-refractivity contribution in [2.75, 3.05) is 18.4 Å². The van der Waals surface area contributed by atoms with E-state index in [4.69, 9.17) is 0 Å². The average Bonchev–Trinajstić information content (AvgIpc) is 2.58. The molecule has 2 atom stereocenters. The van der Waals surface area contributed by atoms with Gasteiger partial charge in [0.1, 0.15) is 11.6 Å². The van der Waals surface area contributed by atoms with Crippen LogP contribution in [0.2, 0.25) is 0 Å². The summed E-state index contributed by atoms with van der Waals surface area (Å²) in [5, 5.41) is 12.2. The number of rotatable bonds is 6. The van der Waals surface area contributed by atoms with Gasteiger partial charge in [0.25, 0.3) is 5.91 Å². The molecule has 4 heteroatoms. The molecule has 1 aromatic rings. The van der Waals surface area contributed by atoms with Crippen LogP contribution in [-0.2, 0) is 11.2 Å². The monoisotopic (exact) mass is 339 g/mol. The fourth-order valence-electron chi connectivity index (χ4n) is 3.47. The third kappa shape index (κ3) is 5.94. The minimum Gasteiger partial charge on any atom is -0.376 e. The fraction of sp³-hybridized carbons (Fsp3) is 0.524. The number of hydrogen-bond donors (Lipinski definition) is 1. The number of aryl methyl sites for hydroxylation is 1.